The van der Waals surface area contributed by atoms with Gasteiger partial charge in [0.25, 0.3) is 0 Å². The first-order valence-electron chi connectivity index (χ1n) is 4.19. The highest BCUT2D eigenvalue weighted by Gasteiger charge is 2.31. The van der Waals surface area contributed by atoms with Crippen molar-refractivity contribution in [2.45, 2.75) is 31.8 Å². The summed E-state index contributed by atoms with van der Waals surface area (Å²) in [6, 6.07) is -1.25. The van der Waals surface area contributed by atoms with Gasteiger partial charge in [0.15, 0.2) is 0 Å². The standard InChI is InChI=1S/C8H14N2O5/c1-8(2,7(14)15)10-6(13)4(9)3-5(11)12/h4H,3,9H2,1-2H3,(H,10,13)(H,11,12)(H,14,15)/t4-/m0/s1. The number of hydrogen-bond donors (Lipinski definition) is 4. The van der Waals surface area contributed by atoms with E-state index < -0.39 is 35.8 Å². The maximum absolute atomic E-state index is 11.2. The van der Waals surface area contributed by atoms with Crippen LogP contribution in [0.15, 0.2) is 0 Å². The maximum Gasteiger partial charge on any atom is 0.328 e. The SMILES string of the molecule is CC(C)(NC(=O)[C@@H](N)CC(=O)O)C(=O)O. The molecule has 0 rings (SSSR count). The Morgan fingerprint density at radius 2 is 1.80 bits per heavy atom. The zero-order valence-corrected chi connectivity index (χ0v) is 8.48. The molecular weight excluding hydrogens is 204 g/mol. The highest BCUT2D eigenvalue weighted by molar-refractivity contribution is 5.90. The average Bonchev–Trinajstić information content (AvgIpc) is 2.01. The van der Waals surface area contributed by atoms with Crippen LogP contribution in [0, 0.1) is 0 Å². The van der Waals surface area contributed by atoms with E-state index in [0.29, 0.717) is 0 Å². The Kier molecular flexibility index (Phi) is 4.22. The molecule has 1 amide bonds. The second-order valence-electron chi connectivity index (χ2n) is 3.62. The lowest BCUT2D eigenvalue weighted by Gasteiger charge is -2.22. The van der Waals surface area contributed by atoms with Crippen LogP contribution in [0.5, 0.6) is 0 Å². The molecule has 0 aromatic rings. The molecule has 0 heterocycles. The Hall–Kier alpha value is -1.63. The van der Waals surface area contributed by atoms with E-state index in [2.05, 4.69) is 5.32 Å². The monoisotopic (exact) mass is 218 g/mol. The van der Waals surface area contributed by atoms with E-state index in [-0.39, 0.29) is 0 Å². The van der Waals surface area contributed by atoms with Crippen LogP contribution in [0.4, 0.5) is 0 Å². The van der Waals surface area contributed by atoms with Crippen molar-refractivity contribution in [1.82, 2.24) is 5.32 Å². The molecule has 86 valence electrons. The minimum absolute atomic E-state index is 0.540. The first-order valence-corrected chi connectivity index (χ1v) is 4.19. The number of carboxylic acids is 2. The van der Waals surface area contributed by atoms with Crippen LogP contribution < -0.4 is 11.1 Å². The van der Waals surface area contributed by atoms with Crippen molar-refractivity contribution in [3.8, 4) is 0 Å². The summed E-state index contributed by atoms with van der Waals surface area (Å²) in [5.74, 6) is -3.24. The van der Waals surface area contributed by atoms with Crippen molar-refractivity contribution < 1.29 is 24.6 Å². The van der Waals surface area contributed by atoms with Crippen molar-refractivity contribution >= 4 is 17.8 Å². The summed E-state index contributed by atoms with van der Waals surface area (Å²) in [4.78, 5) is 32.1. The predicted molar refractivity (Wildman–Crippen MR) is 50.1 cm³/mol. The van der Waals surface area contributed by atoms with Gasteiger partial charge in [0, 0.05) is 0 Å². The van der Waals surface area contributed by atoms with Gasteiger partial charge in [0.05, 0.1) is 12.5 Å². The molecule has 0 saturated heterocycles. The minimum Gasteiger partial charge on any atom is -0.481 e. The van der Waals surface area contributed by atoms with Gasteiger partial charge < -0.3 is 21.3 Å². The van der Waals surface area contributed by atoms with E-state index >= 15 is 0 Å². The number of carbonyl (C=O) groups is 3. The van der Waals surface area contributed by atoms with Crippen molar-refractivity contribution in [3.63, 3.8) is 0 Å². The number of nitrogens with two attached hydrogens (primary N) is 1. The van der Waals surface area contributed by atoms with Crippen molar-refractivity contribution in [3.05, 3.63) is 0 Å². The third-order valence-corrected chi connectivity index (χ3v) is 1.70. The fourth-order valence-corrected chi connectivity index (χ4v) is 0.735. The third kappa shape index (κ3) is 4.41. The van der Waals surface area contributed by atoms with Crippen LogP contribution in [0.25, 0.3) is 0 Å². The predicted octanol–water partition coefficient (Wildman–Crippen LogP) is -1.23. The molecule has 7 nitrogen and oxygen atoms in total. The van der Waals surface area contributed by atoms with Crippen LogP contribution >= 0.6 is 0 Å². The van der Waals surface area contributed by atoms with Gasteiger partial charge in [-0.3, -0.25) is 9.59 Å². The van der Waals surface area contributed by atoms with Gasteiger partial charge in [0.2, 0.25) is 5.91 Å². The Morgan fingerprint density at radius 3 is 2.13 bits per heavy atom. The van der Waals surface area contributed by atoms with E-state index in [9.17, 15) is 14.4 Å². The maximum atomic E-state index is 11.2. The number of carbonyl (C=O) groups excluding carboxylic acids is 1. The number of aliphatic carboxylic acids is 2. The molecule has 0 radical (unpaired) electrons. The van der Waals surface area contributed by atoms with Gasteiger partial charge in [-0.1, -0.05) is 0 Å². The van der Waals surface area contributed by atoms with E-state index in [4.69, 9.17) is 15.9 Å². The van der Waals surface area contributed by atoms with Crippen LogP contribution in [0.2, 0.25) is 0 Å². The molecule has 0 bridgehead atoms. The van der Waals surface area contributed by atoms with Crippen molar-refractivity contribution in [1.29, 1.82) is 0 Å². The number of hydrogen-bond acceptors (Lipinski definition) is 4. The van der Waals surface area contributed by atoms with Gasteiger partial charge in [0.1, 0.15) is 5.54 Å². The highest BCUT2D eigenvalue weighted by atomic mass is 16.4. The van der Waals surface area contributed by atoms with Gasteiger partial charge in [-0.2, -0.15) is 0 Å². The molecular formula is C8H14N2O5. The molecule has 0 unspecified atom stereocenters. The Labute approximate surface area is 86.3 Å². The molecule has 5 N–H and O–H groups in total. The van der Waals surface area contributed by atoms with Gasteiger partial charge >= 0.3 is 11.9 Å². The molecule has 7 heteroatoms. The summed E-state index contributed by atoms with van der Waals surface area (Å²) < 4.78 is 0. The van der Waals surface area contributed by atoms with E-state index in [0.717, 1.165) is 0 Å². The second kappa shape index (κ2) is 4.74. The highest BCUT2D eigenvalue weighted by Crippen LogP contribution is 2.02. The third-order valence-electron chi connectivity index (χ3n) is 1.70. The first-order chi connectivity index (χ1) is 6.66. The number of rotatable bonds is 5. The van der Waals surface area contributed by atoms with Crippen LogP contribution in [0.1, 0.15) is 20.3 Å². The molecule has 15 heavy (non-hydrogen) atoms. The number of nitrogens with one attached hydrogen (secondary N) is 1. The molecule has 0 aliphatic heterocycles. The lowest BCUT2D eigenvalue weighted by molar-refractivity contribution is -0.146. The van der Waals surface area contributed by atoms with Crippen molar-refractivity contribution in [2.75, 3.05) is 0 Å². The summed E-state index contributed by atoms with van der Waals surface area (Å²) in [5, 5.41) is 19.2. The quantitative estimate of drug-likeness (QED) is 0.457. The zero-order valence-electron chi connectivity index (χ0n) is 8.48. The minimum atomic E-state index is -1.47. The fourth-order valence-electron chi connectivity index (χ4n) is 0.735. The second-order valence-corrected chi connectivity index (χ2v) is 3.62. The number of amides is 1. The Morgan fingerprint density at radius 1 is 1.33 bits per heavy atom. The number of carboxylic acid groups (broad SMARTS) is 2. The summed E-state index contributed by atoms with van der Waals surface area (Å²) in [5.41, 5.74) is 3.77. The van der Waals surface area contributed by atoms with Gasteiger partial charge in [-0.05, 0) is 13.8 Å². The molecule has 0 spiro atoms. The van der Waals surface area contributed by atoms with Crippen LogP contribution in [-0.2, 0) is 14.4 Å². The van der Waals surface area contributed by atoms with E-state index in [1.807, 2.05) is 0 Å². The fraction of sp³-hybridized carbons (Fsp3) is 0.625. The molecule has 0 fully saturated rings. The molecule has 0 saturated carbocycles. The molecule has 0 aromatic heterocycles. The summed E-state index contributed by atoms with van der Waals surface area (Å²) in [6.45, 7) is 2.56. The van der Waals surface area contributed by atoms with Crippen LogP contribution in [0.3, 0.4) is 0 Å². The molecule has 1 atom stereocenters. The largest absolute Gasteiger partial charge is 0.481 e. The summed E-state index contributed by atoms with van der Waals surface area (Å²) >= 11 is 0. The smallest absolute Gasteiger partial charge is 0.328 e. The summed E-state index contributed by atoms with van der Waals surface area (Å²) in [7, 11) is 0. The Balaban J connectivity index is 4.36. The zero-order chi connectivity index (χ0) is 12.2. The molecule has 0 aromatic carbocycles. The lowest BCUT2D eigenvalue weighted by Crippen LogP contribution is -2.54. The van der Waals surface area contributed by atoms with Gasteiger partial charge in [-0.25, -0.2) is 4.79 Å². The lowest BCUT2D eigenvalue weighted by atomic mass is 10.1. The molecule has 0 aliphatic carbocycles. The van der Waals surface area contributed by atoms with E-state index in [1.54, 1.807) is 0 Å². The topological polar surface area (TPSA) is 130 Å². The first kappa shape index (κ1) is 13.4. The molecule has 0 aliphatic rings. The van der Waals surface area contributed by atoms with Crippen LogP contribution in [-0.4, -0.2) is 39.6 Å². The van der Waals surface area contributed by atoms with E-state index in [1.165, 1.54) is 13.8 Å². The van der Waals surface area contributed by atoms with Gasteiger partial charge in [-0.15, -0.1) is 0 Å². The Bertz CT molecular complexity index is 287. The summed E-state index contributed by atoms with van der Waals surface area (Å²) in [6.07, 6.45) is -0.540. The normalized spacial score (nSPS) is 13.0. The van der Waals surface area contributed by atoms with Crippen molar-refractivity contribution in [2.24, 2.45) is 5.73 Å². The average molecular weight is 218 g/mol.